The van der Waals surface area contributed by atoms with Gasteiger partial charge in [0, 0.05) is 11.4 Å². The molecule has 0 radical (unpaired) electrons. The van der Waals surface area contributed by atoms with Crippen molar-refractivity contribution in [2.24, 2.45) is 0 Å². The molecule has 12 heteroatoms. The van der Waals surface area contributed by atoms with E-state index in [0.29, 0.717) is 18.9 Å². The lowest BCUT2D eigenvalue weighted by atomic mass is 9.94. The number of thiazole rings is 1. The van der Waals surface area contributed by atoms with Gasteiger partial charge in [-0.1, -0.05) is 26.2 Å². The highest BCUT2D eigenvalue weighted by Gasteiger charge is 2.29. The van der Waals surface area contributed by atoms with Crippen LogP contribution in [0, 0.1) is 11.6 Å². The second-order valence-corrected chi connectivity index (χ2v) is 10.5. The number of amides is 1. The molecule has 1 aromatic carbocycles. The predicted octanol–water partition coefficient (Wildman–Crippen LogP) is 2.83. The average molecular weight is 506 g/mol. The van der Waals surface area contributed by atoms with Crippen LogP contribution in [0.25, 0.3) is 0 Å². The van der Waals surface area contributed by atoms with E-state index in [4.69, 9.17) is 0 Å². The topological polar surface area (TPSA) is 129 Å². The molecule has 0 saturated heterocycles. The summed E-state index contributed by atoms with van der Waals surface area (Å²) >= 11 is 0.910. The van der Waals surface area contributed by atoms with Crippen LogP contribution in [-0.4, -0.2) is 53.5 Å². The maximum Gasteiger partial charge on any atom is 0.271 e. The van der Waals surface area contributed by atoms with Crippen molar-refractivity contribution in [2.45, 2.75) is 64.2 Å². The SMILES string of the molecule is CCCCCC(O)C(O)C(Cc1cc(F)cc(F)c1)NC(=O)c1csc(NS(=O)(=O)CC)n1. The lowest BCUT2D eigenvalue weighted by molar-refractivity contribution is -0.00835. The molecular weight excluding hydrogens is 476 g/mol. The maximum atomic E-state index is 13.6. The Bertz CT molecular complexity index is 1010. The highest BCUT2D eigenvalue weighted by atomic mass is 32.2. The molecule has 0 saturated carbocycles. The van der Waals surface area contributed by atoms with Crippen molar-refractivity contribution in [1.29, 1.82) is 0 Å². The normalized spacial score (nSPS) is 14.5. The molecule has 1 amide bonds. The van der Waals surface area contributed by atoms with Gasteiger partial charge >= 0.3 is 0 Å². The summed E-state index contributed by atoms with van der Waals surface area (Å²) in [6.07, 6.45) is 0.00276. The van der Waals surface area contributed by atoms with Gasteiger partial charge in [0.1, 0.15) is 23.4 Å². The van der Waals surface area contributed by atoms with Crippen LogP contribution in [0.4, 0.5) is 13.9 Å². The summed E-state index contributed by atoms with van der Waals surface area (Å²) in [5.41, 5.74) is 0.0872. The van der Waals surface area contributed by atoms with Crippen molar-refractivity contribution in [3.63, 3.8) is 0 Å². The quantitative estimate of drug-likeness (QED) is 0.310. The van der Waals surface area contributed by atoms with Gasteiger partial charge in [0.05, 0.1) is 17.9 Å². The molecule has 0 aliphatic carbocycles. The Balaban J connectivity index is 2.20. The minimum Gasteiger partial charge on any atom is -0.390 e. The fourth-order valence-corrected chi connectivity index (χ4v) is 4.72. The number of halogens is 2. The number of sulfonamides is 1. The molecule has 0 spiro atoms. The molecule has 0 fully saturated rings. The third kappa shape index (κ3) is 8.61. The fraction of sp³-hybridized carbons (Fsp3) is 0.524. The van der Waals surface area contributed by atoms with Crippen LogP contribution in [0.1, 0.15) is 55.6 Å². The lowest BCUT2D eigenvalue weighted by Gasteiger charge is -2.28. The van der Waals surface area contributed by atoms with Gasteiger partial charge in [-0.2, -0.15) is 0 Å². The van der Waals surface area contributed by atoms with Crippen molar-refractivity contribution < 1.29 is 32.2 Å². The van der Waals surface area contributed by atoms with Crippen LogP contribution in [-0.2, 0) is 16.4 Å². The fourth-order valence-electron chi connectivity index (χ4n) is 3.15. The molecule has 0 bridgehead atoms. The third-order valence-electron chi connectivity index (χ3n) is 4.96. The molecule has 1 heterocycles. The summed E-state index contributed by atoms with van der Waals surface area (Å²) in [5.74, 6) is -2.50. The van der Waals surface area contributed by atoms with Gasteiger partial charge in [-0.3, -0.25) is 9.52 Å². The number of aliphatic hydroxyl groups is 2. The summed E-state index contributed by atoms with van der Waals surface area (Å²) in [6, 6.07) is 1.80. The van der Waals surface area contributed by atoms with Crippen LogP contribution in [0.3, 0.4) is 0 Å². The molecule has 2 rings (SSSR count). The molecule has 0 aliphatic rings. The van der Waals surface area contributed by atoms with Crippen LogP contribution in [0.5, 0.6) is 0 Å². The Morgan fingerprint density at radius 2 is 1.82 bits per heavy atom. The van der Waals surface area contributed by atoms with Gasteiger partial charge in [0.25, 0.3) is 5.91 Å². The van der Waals surface area contributed by atoms with Crippen LogP contribution >= 0.6 is 11.3 Å². The van der Waals surface area contributed by atoms with Crippen molar-refractivity contribution >= 4 is 32.4 Å². The number of aromatic nitrogens is 1. The summed E-state index contributed by atoms with van der Waals surface area (Å²) in [5, 5.41) is 25.0. The minimum atomic E-state index is -3.57. The first-order chi connectivity index (χ1) is 15.5. The molecule has 8 nitrogen and oxygen atoms in total. The van der Waals surface area contributed by atoms with Crippen molar-refractivity contribution in [2.75, 3.05) is 10.5 Å². The Morgan fingerprint density at radius 3 is 2.42 bits per heavy atom. The zero-order valence-electron chi connectivity index (χ0n) is 18.4. The van der Waals surface area contributed by atoms with E-state index in [1.54, 1.807) is 0 Å². The summed E-state index contributed by atoms with van der Waals surface area (Å²) < 4.78 is 52.9. The summed E-state index contributed by atoms with van der Waals surface area (Å²) in [7, 11) is -3.57. The van der Waals surface area contributed by atoms with Crippen molar-refractivity contribution in [3.8, 4) is 0 Å². The highest BCUT2D eigenvalue weighted by Crippen LogP contribution is 2.19. The Labute approximate surface area is 196 Å². The molecular formula is C21H29F2N3O5S2. The summed E-state index contributed by atoms with van der Waals surface area (Å²) in [6.45, 7) is 3.45. The Kier molecular flexibility index (Phi) is 10.1. The molecule has 4 N–H and O–H groups in total. The first-order valence-electron chi connectivity index (χ1n) is 10.6. The van der Waals surface area contributed by atoms with Crippen LogP contribution in [0.15, 0.2) is 23.6 Å². The molecule has 1 aromatic heterocycles. The van der Waals surface area contributed by atoms with E-state index < -0.39 is 45.8 Å². The van der Waals surface area contributed by atoms with E-state index >= 15 is 0 Å². The monoisotopic (exact) mass is 505 g/mol. The average Bonchev–Trinajstić information content (AvgIpc) is 3.20. The van der Waals surface area contributed by atoms with Gasteiger partial charge in [-0.05, 0) is 37.5 Å². The number of unbranched alkanes of at least 4 members (excludes halogenated alkanes) is 2. The van der Waals surface area contributed by atoms with E-state index in [1.165, 1.54) is 12.3 Å². The number of hydrogen-bond acceptors (Lipinski definition) is 7. The van der Waals surface area contributed by atoms with Crippen molar-refractivity contribution in [3.05, 3.63) is 46.5 Å². The smallest absolute Gasteiger partial charge is 0.271 e. The minimum absolute atomic E-state index is 0.00546. The number of rotatable bonds is 13. The maximum absolute atomic E-state index is 13.6. The highest BCUT2D eigenvalue weighted by molar-refractivity contribution is 7.92. The largest absolute Gasteiger partial charge is 0.390 e. The number of nitrogens with zero attached hydrogens (tertiary/aromatic N) is 1. The van der Waals surface area contributed by atoms with Gasteiger partial charge in [-0.15, -0.1) is 11.3 Å². The standard InChI is InChI=1S/C21H29F2N3O5S2/c1-3-5-6-7-18(27)19(28)16(10-13-8-14(22)11-15(23)9-13)24-20(29)17-12-32-21(25-17)26-33(30,31)4-2/h8-9,11-12,16,18-19,27-28H,3-7,10H2,1-2H3,(H,24,29)(H,25,26). The molecule has 0 aliphatic heterocycles. The Hall–Kier alpha value is -2.15. The Morgan fingerprint density at radius 1 is 1.15 bits per heavy atom. The van der Waals surface area contributed by atoms with Gasteiger partial charge in [0.2, 0.25) is 10.0 Å². The molecule has 3 atom stereocenters. The van der Waals surface area contributed by atoms with Gasteiger partial charge in [0.15, 0.2) is 5.13 Å². The number of benzene rings is 1. The van der Waals surface area contributed by atoms with E-state index in [2.05, 4.69) is 15.0 Å². The third-order valence-corrected chi connectivity index (χ3v) is 7.12. The number of anilines is 1. The molecule has 33 heavy (non-hydrogen) atoms. The number of carbonyl (C=O) groups is 1. The number of nitrogens with one attached hydrogen (secondary N) is 2. The van der Waals surface area contributed by atoms with Gasteiger partial charge < -0.3 is 15.5 Å². The summed E-state index contributed by atoms with van der Waals surface area (Å²) in [4.78, 5) is 16.7. The predicted molar refractivity (Wildman–Crippen MR) is 123 cm³/mol. The van der Waals surface area contributed by atoms with Crippen LogP contribution in [0.2, 0.25) is 0 Å². The first kappa shape index (κ1) is 27.1. The van der Waals surface area contributed by atoms with E-state index in [0.717, 1.165) is 36.3 Å². The van der Waals surface area contributed by atoms with E-state index in [-0.39, 0.29) is 28.6 Å². The number of hydrogen-bond donors (Lipinski definition) is 4. The number of carbonyl (C=O) groups excluding carboxylic acids is 1. The molecule has 184 valence electrons. The zero-order chi connectivity index (χ0) is 24.6. The van der Waals surface area contributed by atoms with Gasteiger partial charge in [-0.25, -0.2) is 22.2 Å². The zero-order valence-corrected chi connectivity index (χ0v) is 20.1. The van der Waals surface area contributed by atoms with Crippen molar-refractivity contribution in [1.82, 2.24) is 10.3 Å². The molecule has 3 unspecified atom stereocenters. The number of aliphatic hydroxyl groups excluding tert-OH is 2. The van der Waals surface area contributed by atoms with E-state index in [9.17, 15) is 32.2 Å². The van der Waals surface area contributed by atoms with Crippen LogP contribution < -0.4 is 10.0 Å². The second kappa shape index (κ2) is 12.4. The van der Waals surface area contributed by atoms with E-state index in [1.807, 2.05) is 6.92 Å². The second-order valence-electron chi connectivity index (χ2n) is 7.66. The lowest BCUT2D eigenvalue weighted by Crippen LogP contribution is -2.50. The first-order valence-corrected chi connectivity index (χ1v) is 13.2. The molecule has 2 aromatic rings.